The standard InChI is InChI=1S/C19H16N4O3S/c1-25-14-7-9-15(10-8-14)26-12-17(24)21-18-22-23-11-16(20-19(23)27-18)13-5-3-2-4-6-13/h2-11H,12H2,1H3,(H,21,22,24). The number of hydrogen-bond donors (Lipinski definition) is 1. The van der Waals surface area contributed by atoms with Crippen molar-refractivity contribution in [2.45, 2.75) is 0 Å². The third kappa shape index (κ3) is 3.90. The van der Waals surface area contributed by atoms with Gasteiger partial charge in [0.1, 0.15) is 11.5 Å². The number of benzene rings is 2. The summed E-state index contributed by atoms with van der Waals surface area (Å²) in [7, 11) is 1.59. The van der Waals surface area contributed by atoms with Crippen molar-refractivity contribution in [1.82, 2.24) is 14.6 Å². The molecule has 0 atom stereocenters. The van der Waals surface area contributed by atoms with Gasteiger partial charge >= 0.3 is 0 Å². The van der Waals surface area contributed by atoms with Crippen molar-refractivity contribution in [3.63, 3.8) is 0 Å². The van der Waals surface area contributed by atoms with E-state index in [2.05, 4.69) is 15.4 Å². The van der Waals surface area contributed by atoms with Gasteiger partial charge in [-0.1, -0.05) is 41.7 Å². The summed E-state index contributed by atoms with van der Waals surface area (Å²) in [6.45, 7) is -0.108. The van der Waals surface area contributed by atoms with Gasteiger partial charge in [-0.3, -0.25) is 10.1 Å². The van der Waals surface area contributed by atoms with E-state index < -0.39 is 0 Å². The molecule has 0 saturated carbocycles. The maximum atomic E-state index is 12.1. The normalized spacial score (nSPS) is 10.7. The lowest BCUT2D eigenvalue weighted by Gasteiger charge is -2.06. The summed E-state index contributed by atoms with van der Waals surface area (Å²) in [5, 5.41) is 7.55. The Bertz CT molecular complexity index is 1030. The van der Waals surface area contributed by atoms with Gasteiger partial charge in [-0.15, -0.1) is 5.10 Å². The van der Waals surface area contributed by atoms with E-state index in [1.807, 2.05) is 36.5 Å². The van der Waals surface area contributed by atoms with Gasteiger partial charge in [-0.05, 0) is 24.3 Å². The van der Waals surface area contributed by atoms with E-state index in [1.165, 1.54) is 11.3 Å². The minimum atomic E-state index is -0.286. The lowest BCUT2D eigenvalue weighted by atomic mass is 10.2. The van der Waals surface area contributed by atoms with Gasteiger partial charge in [-0.2, -0.15) is 0 Å². The van der Waals surface area contributed by atoms with Crippen molar-refractivity contribution in [3.8, 4) is 22.8 Å². The Labute approximate surface area is 159 Å². The molecular weight excluding hydrogens is 364 g/mol. The zero-order chi connectivity index (χ0) is 18.6. The zero-order valence-corrected chi connectivity index (χ0v) is 15.3. The quantitative estimate of drug-likeness (QED) is 0.554. The van der Waals surface area contributed by atoms with Gasteiger partial charge in [0.15, 0.2) is 6.61 Å². The number of hydrogen-bond acceptors (Lipinski definition) is 6. The van der Waals surface area contributed by atoms with Crippen LogP contribution < -0.4 is 14.8 Å². The molecule has 2 aromatic heterocycles. The van der Waals surface area contributed by atoms with E-state index in [-0.39, 0.29) is 12.5 Å². The molecule has 4 aromatic rings. The van der Waals surface area contributed by atoms with Gasteiger partial charge < -0.3 is 9.47 Å². The van der Waals surface area contributed by atoms with Crippen molar-refractivity contribution in [2.75, 3.05) is 19.0 Å². The number of carbonyl (C=O) groups excluding carboxylic acids is 1. The Hall–Kier alpha value is -3.39. The highest BCUT2D eigenvalue weighted by atomic mass is 32.1. The molecule has 4 rings (SSSR count). The molecule has 7 nitrogen and oxygen atoms in total. The molecule has 136 valence electrons. The number of ether oxygens (including phenoxy) is 2. The second-order valence-corrected chi connectivity index (χ2v) is 6.59. The van der Waals surface area contributed by atoms with Crippen LogP contribution in [-0.2, 0) is 4.79 Å². The summed E-state index contributed by atoms with van der Waals surface area (Å²) in [6.07, 6.45) is 1.84. The number of nitrogens with zero attached hydrogens (tertiary/aromatic N) is 3. The lowest BCUT2D eigenvalue weighted by molar-refractivity contribution is -0.118. The fraction of sp³-hybridized carbons (Fsp3) is 0.105. The van der Waals surface area contributed by atoms with Crippen LogP contribution in [-0.4, -0.2) is 34.2 Å². The second-order valence-electron chi connectivity index (χ2n) is 5.64. The molecule has 27 heavy (non-hydrogen) atoms. The number of amides is 1. The fourth-order valence-electron chi connectivity index (χ4n) is 2.47. The summed E-state index contributed by atoms with van der Waals surface area (Å²) >= 11 is 1.30. The molecule has 0 radical (unpaired) electrons. The van der Waals surface area contributed by atoms with E-state index in [0.717, 1.165) is 17.0 Å². The van der Waals surface area contributed by atoms with Crippen LogP contribution in [0.2, 0.25) is 0 Å². The lowest BCUT2D eigenvalue weighted by Crippen LogP contribution is -2.20. The molecule has 8 heteroatoms. The molecular formula is C19H16N4O3S. The van der Waals surface area contributed by atoms with Crippen LogP contribution in [0.5, 0.6) is 11.5 Å². The first-order valence-electron chi connectivity index (χ1n) is 8.19. The highest BCUT2D eigenvalue weighted by Gasteiger charge is 2.12. The summed E-state index contributed by atoms with van der Waals surface area (Å²) in [5.41, 5.74) is 1.86. The minimum absolute atomic E-state index is 0.108. The van der Waals surface area contributed by atoms with E-state index in [4.69, 9.17) is 9.47 Å². The second kappa shape index (κ2) is 7.46. The fourth-order valence-corrected chi connectivity index (χ4v) is 3.27. The maximum Gasteiger partial charge on any atom is 0.264 e. The Morgan fingerprint density at radius 1 is 1.11 bits per heavy atom. The van der Waals surface area contributed by atoms with E-state index >= 15 is 0 Å². The zero-order valence-electron chi connectivity index (χ0n) is 14.5. The van der Waals surface area contributed by atoms with Crippen molar-refractivity contribution >= 4 is 27.3 Å². The SMILES string of the molecule is COc1ccc(OCC(=O)Nc2nn3cc(-c4ccccc4)nc3s2)cc1. The van der Waals surface area contributed by atoms with Crippen LogP contribution in [0.3, 0.4) is 0 Å². The molecule has 0 aliphatic heterocycles. The number of fused-ring (bicyclic) bond motifs is 1. The molecule has 2 aromatic carbocycles. The van der Waals surface area contributed by atoms with Crippen molar-refractivity contribution in [1.29, 1.82) is 0 Å². The van der Waals surface area contributed by atoms with Crippen LogP contribution in [0.15, 0.2) is 60.8 Å². The monoisotopic (exact) mass is 380 g/mol. The molecule has 0 saturated heterocycles. The first kappa shape index (κ1) is 17.0. The Morgan fingerprint density at radius 3 is 2.56 bits per heavy atom. The number of imidazole rings is 1. The van der Waals surface area contributed by atoms with Gasteiger partial charge in [0.2, 0.25) is 10.1 Å². The van der Waals surface area contributed by atoms with Crippen LogP contribution >= 0.6 is 11.3 Å². The molecule has 0 fully saturated rings. The first-order valence-corrected chi connectivity index (χ1v) is 9.01. The van der Waals surface area contributed by atoms with Crippen LogP contribution in [0.1, 0.15) is 0 Å². The van der Waals surface area contributed by atoms with Crippen LogP contribution in [0.4, 0.5) is 5.13 Å². The average molecular weight is 380 g/mol. The molecule has 0 aliphatic carbocycles. The highest BCUT2D eigenvalue weighted by molar-refractivity contribution is 7.20. The Morgan fingerprint density at radius 2 is 1.85 bits per heavy atom. The van der Waals surface area contributed by atoms with Gasteiger partial charge in [0, 0.05) is 5.56 Å². The number of nitrogens with one attached hydrogen (secondary N) is 1. The predicted octanol–water partition coefficient (Wildman–Crippen LogP) is 3.48. The average Bonchev–Trinajstić information content (AvgIpc) is 3.26. The number of carbonyl (C=O) groups is 1. The van der Waals surface area contributed by atoms with Gasteiger partial charge in [0.05, 0.1) is 19.0 Å². The van der Waals surface area contributed by atoms with E-state index in [9.17, 15) is 4.79 Å². The molecule has 0 spiro atoms. The Balaban J connectivity index is 1.37. The molecule has 1 N–H and O–H groups in total. The van der Waals surface area contributed by atoms with Crippen molar-refractivity contribution in [3.05, 3.63) is 60.8 Å². The summed E-state index contributed by atoms with van der Waals surface area (Å²) in [6, 6.07) is 16.9. The Kier molecular flexibility index (Phi) is 4.71. The molecule has 2 heterocycles. The number of rotatable bonds is 6. The summed E-state index contributed by atoms with van der Waals surface area (Å²) in [4.78, 5) is 17.3. The predicted molar refractivity (Wildman–Crippen MR) is 103 cm³/mol. The smallest absolute Gasteiger partial charge is 0.264 e. The number of methoxy groups -OCH3 is 1. The van der Waals surface area contributed by atoms with Gasteiger partial charge in [0.25, 0.3) is 5.91 Å². The third-order valence-corrected chi connectivity index (χ3v) is 4.63. The van der Waals surface area contributed by atoms with Crippen LogP contribution in [0.25, 0.3) is 16.2 Å². The first-order chi connectivity index (χ1) is 13.2. The number of aromatic nitrogens is 3. The summed E-state index contributed by atoms with van der Waals surface area (Å²) < 4.78 is 12.2. The van der Waals surface area contributed by atoms with Crippen molar-refractivity contribution in [2.24, 2.45) is 0 Å². The molecule has 1 amide bonds. The van der Waals surface area contributed by atoms with Gasteiger partial charge in [-0.25, -0.2) is 9.50 Å². The topological polar surface area (TPSA) is 77.8 Å². The van der Waals surface area contributed by atoms with Crippen LogP contribution in [0, 0.1) is 0 Å². The molecule has 0 aliphatic rings. The maximum absolute atomic E-state index is 12.1. The summed E-state index contributed by atoms with van der Waals surface area (Å²) in [5.74, 6) is 1.03. The highest BCUT2D eigenvalue weighted by Crippen LogP contribution is 2.24. The molecule has 0 bridgehead atoms. The van der Waals surface area contributed by atoms with E-state index in [0.29, 0.717) is 15.8 Å². The number of anilines is 1. The third-order valence-electron chi connectivity index (χ3n) is 3.79. The molecule has 0 unspecified atom stereocenters. The minimum Gasteiger partial charge on any atom is -0.497 e. The van der Waals surface area contributed by atoms with Crippen molar-refractivity contribution < 1.29 is 14.3 Å². The van der Waals surface area contributed by atoms with E-state index in [1.54, 1.807) is 35.9 Å². The largest absolute Gasteiger partial charge is 0.497 e.